The highest BCUT2D eigenvalue weighted by atomic mass is 35.5. The van der Waals surface area contributed by atoms with Crippen molar-refractivity contribution in [1.82, 2.24) is 15.1 Å². The van der Waals surface area contributed by atoms with Crippen molar-refractivity contribution in [1.29, 1.82) is 0 Å². The first-order chi connectivity index (χ1) is 15.0. The molecule has 0 bridgehead atoms. The SMILES string of the molecule is CC(=O)NC(CC(=O)N1CCN(Cc2ccc3c(c2)OCO3)CC1)c1ccc(Cl)cc1. The zero-order chi connectivity index (χ0) is 21.8. The first-order valence-electron chi connectivity index (χ1n) is 10.4. The molecule has 2 aliphatic heterocycles. The Morgan fingerprint density at radius 1 is 1.03 bits per heavy atom. The van der Waals surface area contributed by atoms with Gasteiger partial charge in [0.1, 0.15) is 0 Å². The number of hydrogen-bond acceptors (Lipinski definition) is 5. The van der Waals surface area contributed by atoms with Crippen LogP contribution in [-0.2, 0) is 16.1 Å². The van der Waals surface area contributed by atoms with Crippen molar-refractivity contribution in [2.45, 2.75) is 25.9 Å². The molecule has 1 unspecified atom stereocenters. The number of ether oxygens (including phenoxy) is 2. The number of piperazine rings is 1. The minimum Gasteiger partial charge on any atom is -0.454 e. The maximum atomic E-state index is 12.9. The van der Waals surface area contributed by atoms with E-state index in [0.717, 1.165) is 42.3 Å². The number of nitrogens with zero attached hydrogens (tertiary/aromatic N) is 2. The van der Waals surface area contributed by atoms with Gasteiger partial charge in [0.05, 0.1) is 12.5 Å². The quantitative estimate of drug-likeness (QED) is 0.743. The van der Waals surface area contributed by atoms with Crippen LogP contribution in [0.4, 0.5) is 0 Å². The van der Waals surface area contributed by atoms with Crippen molar-refractivity contribution < 1.29 is 19.1 Å². The lowest BCUT2D eigenvalue weighted by Gasteiger charge is -2.35. The van der Waals surface area contributed by atoms with Crippen LogP contribution in [0, 0.1) is 0 Å². The fraction of sp³-hybridized carbons (Fsp3) is 0.391. The van der Waals surface area contributed by atoms with E-state index in [1.165, 1.54) is 6.92 Å². The Kier molecular flexibility index (Phi) is 6.63. The van der Waals surface area contributed by atoms with E-state index in [2.05, 4.69) is 16.3 Å². The fourth-order valence-electron chi connectivity index (χ4n) is 3.95. The van der Waals surface area contributed by atoms with Gasteiger partial charge in [-0.25, -0.2) is 0 Å². The summed E-state index contributed by atoms with van der Waals surface area (Å²) in [5.41, 5.74) is 2.03. The lowest BCUT2D eigenvalue weighted by molar-refractivity contribution is -0.133. The molecule has 7 nitrogen and oxygen atoms in total. The van der Waals surface area contributed by atoms with Gasteiger partial charge >= 0.3 is 0 Å². The van der Waals surface area contributed by atoms with Crippen LogP contribution in [0.15, 0.2) is 42.5 Å². The molecule has 2 amide bonds. The van der Waals surface area contributed by atoms with E-state index in [1.54, 1.807) is 12.1 Å². The van der Waals surface area contributed by atoms with E-state index in [4.69, 9.17) is 21.1 Å². The molecule has 0 radical (unpaired) electrons. The third-order valence-electron chi connectivity index (χ3n) is 5.60. The zero-order valence-corrected chi connectivity index (χ0v) is 18.2. The van der Waals surface area contributed by atoms with Gasteiger partial charge in [-0.1, -0.05) is 29.8 Å². The van der Waals surface area contributed by atoms with Crippen molar-refractivity contribution in [2.24, 2.45) is 0 Å². The lowest BCUT2D eigenvalue weighted by atomic mass is 10.0. The van der Waals surface area contributed by atoms with E-state index in [9.17, 15) is 9.59 Å². The van der Waals surface area contributed by atoms with Crippen LogP contribution in [0.3, 0.4) is 0 Å². The summed E-state index contributed by atoms with van der Waals surface area (Å²) < 4.78 is 10.8. The van der Waals surface area contributed by atoms with Crippen LogP contribution < -0.4 is 14.8 Å². The summed E-state index contributed by atoms with van der Waals surface area (Å²) in [6, 6.07) is 12.9. The minimum absolute atomic E-state index is 0.0384. The van der Waals surface area contributed by atoms with Crippen LogP contribution in [0.2, 0.25) is 5.02 Å². The third-order valence-corrected chi connectivity index (χ3v) is 5.85. The molecule has 2 aliphatic rings. The van der Waals surface area contributed by atoms with E-state index < -0.39 is 0 Å². The lowest BCUT2D eigenvalue weighted by Crippen LogP contribution is -2.49. The zero-order valence-electron chi connectivity index (χ0n) is 17.5. The van der Waals surface area contributed by atoms with Gasteiger partial charge in [-0.3, -0.25) is 14.5 Å². The monoisotopic (exact) mass is 443 g/mol. The largest absolute Gasteiger partial charge is 0.454 e. The van der Waals surface area contributed by atoms with Gasteiger partial charge in [-0.15, -0.1) is 0 Å². The summed E-state index contributed by atoms with van der Waals surface area (Å²) in [4.78, 5) is 28.8. The second-order valence-corrected chi connectivity index (χ2v) is 8.29. The molecule has 0 aromatic heterocycles. The average Bonchev–Trinajstić information content (AvgIpc) is 3.22. The first-order valence-corrected chi connectivity index (χ1v) is 10.8. The van der Waals surface area contributed by atoms with E-state index in [0.29, 0.717) is 18.1 Å². The van der Waals surface area contributed by atoms with Crippen LogP contribution in [0.1, 0.15) is 30.5 Å². The number of benzene rings is 2. The number of halogens is 1. The Morgan fingerprint density at radius 3 is 2.45 bits per heavy atom. The Hall–Kier alpha value is -2.77. The Morgan fingerprint density at radius 2 is 1.74 bits per heavy atom. The van der Waals surface area contributed by atoms with Crippen molar-refractivity contribution >= 4 is 23.4 Å². The number of hydrogen-bond donors (Lipinski definition) is 1. The van der Waals surface area contributed by atoms with Crippen molar-refractivity contribution in [3.63, 3.8) is 0 Å². The normalized spacial score (nSPS) is 16.8. The van der Waals surface area contributed by atoms with Gasteiger partial charge < -0.3 is 19.7 Å². The van der Waals surface area contributed by atoms with Crippen molar-refractivity contribution in [2.75, 3.05) is 33.0 Å². The molecule has 2 aromatic rings. The predicted molar refractivity (Wildman–Crippen MR) is 117 cm³/mol. The second-order valence-electron chi connectivity index (χ2n) is 7.85. The standard InChI is InChI=1S/C23H26ClN3O4/c1-16(28)25-20(18-3-5-19(24)6-4-18)13-23(29)27-10-8-26(9-11-27)14-17-2-7-21-22(12-17)31-15-30-21/h2-7,12,20H,8-11,13-15H2,1H3,(H,25,28). The fourth-order valence-corrected chi connectivity index (χ4v) is 4.08. The van der Waals surface area contributed by atoms with Gasteiger partial charge in [0.25, 0.3) is 0 Å². The number of rotatable bonds is 6. The molecule has 0 aliphatic carbocycles. The highest BCUT2D eigenvalue weighted by Crippen LogP contribution is 2.33. The summed E-state index contributed by atoms with van der Waals surface area (Å²) in [5.74, 6) is 1.45. The van der Waals surface area contributed by atoms with Crippen LogP contribution >= 0.6 is 11.6 Å². The summed E-state index contributed by atoms with van der Waals surface area (Å²) in [6.45, 7) is 5.46. The number of carbonyl (C=O) groups excluding carboxylic acids is 2. The summed E-state index contributed by atoms with van der Waals surface area (Å²) in [7, 11) is 0. The van der Waals surface area contributed by atoms with E-state index >= 15 is 0 Å². The maximum absolute atomic E-state index is 12.9. The Labute approximate surface area is 186 Å². The maximum Gasteiger partial charge on any atom is 0.231 e. The molecule has 8 heteroatoms. The van der Waals surface area contributed by atoms with Gasteiger partial charge in [0.2, 0.25) is 18.6 Å². The minimum atomic E-state index is -0.367. The van der Waals surface area contributed by atoms with Gasteiger partial charge in [0, 0.05) is 44.7 Å². The molecule has 31 heavy (non-hydrogen) atoms. The number of nitrogens with one attached hydrogen (secondary N) is 1. The molecular weight excluding hydrogens is 418 g/mol. The van der Waals surface area contributed by atoms with E-state index in [1.807, 2.05) is 29.2 Å². The smallest absolute Gasteiger partial charge is 0.231 e. The van der Waals surface area contributed by atoms with Gasteiger partial charge in [-0.2, -0.15) is 0 Å². The molecule has 1 saturated heterocycles. The summed E-state index contributed by atoms with van der Waals surface area (Å²) in [5, 5.41) is 3.51. The van der Waals surface area contributed by atoms with E-state index in [-0.39, 0.29) is 31.1 Å². The third kappa shape index (κ3) is 5.48. The number of carbonyl (C=O) groups is 2. The van der Waals surface area contributed by atoms with Crippen molar-refractivity contribution in [3.05, 3.63) is 58.6 Å². The molecule has 0 spiro atoms. The molecule has 1 fully saturated rings. The molecule has 4 rings (SSSR count). The number of amides is 2. The highest BCUT2D eigenvalue weighted by Gasteiger charge is 2.25. The van der Waals surface area contributed by atoms with Crippen molar-refractivity contribution in [3.8, 4) is 11.5 Å². The predicted octanol–water partition coefficient (Wildman–Crippen LogP) is 2.98. The second kappa shape index (κ2) is 9.58. The molecule has 2 aromatic carbocycles. The summed E-state index contributed by atoms with van der Waals surface area (Å²) in [6.07, 6.45) is 0.226. The molecule has 0 saturated carbocycles. The van der Waals surface area contributed by atoms with Crippen LogP contribution in [0.25, 0.3) is 0 Å². The molecule has 1 N–H and O–H groups in total. The molecular formula is C23H26ClN3O4. The molecule has 2 heterocycles. The van der Waals surface area contributed by atoms with Crippen LogP contribution in [0.5, 0.6) is 11.5 Å². The first kappa shape index (κ1) is 21.5. The Bertz CT molecular complexity index is 942. The number of fused-ring (bicyclic) bond motifs is 1. The van der Waals surface area contributed by atoms with Crippen LogP contribution in [-0.4, -0.2) is 54.6 Å². The van der Waals surface area contributed by atoms with Gasteiger partial charge in [0.15, 0.2) is 11.5 Å². The molecule has 164 valence electrons. The highest BCUT2D eigenvalue weighted by molar-refractivity contribution is 6.30. The molecule has 1 atom stereocenters. The summed E-state index contributed by atoms with van der Waals surface area (Å²) >= 11 is 5.97. The average molecular weight is 444 g/mol. The Balaban J connectivity index is 1.31. The topological polar surface area (TPSA) is 71.1 Å². The van der Waals surface area contributed by atoms with Gasteiger partial charge in [-0.05, 0) is 35.4 Å².